The molecule has 1 saturated heterocycles. The molecule has 0 aliphatic carbocycles. The molecule has 0 bridgehead atoms. The first kappa shape index (κ1) is 16.0. The Labute approximate surface area is 126 Å². The molecular weight excluding hydrogens is 267 g/mol. The SMILES string of the molecule is Cc1cc(F)ccc1CCNC(=O)C1(C(C)C)CCNC1. The highest BCUT2D eigenvalue weighted by atomic mass is 19.1. The van der Waals surface area contributed by atoms with E-state index in [9.17, 15) is 9.18 Å². The summed E-state index contributed by atoms with van der Waals surface area (Å²) in [6.45, 7) is 8.37. The van der Waals surface area contributed by atoms with E-state index in [1.54, 1.807) is 6.07 Å². The van der Waals surface area contributed by atoms with E-state index >= 15 is 0 Å². The van der Waals surface area contributed by atoms with Gasteiger partial charge in [-0.25, -0.2) is 4.39 Å². The monoisotopic (exact) mass is 292 g/mol. The molecule has 1 heterocycles. The second-order valence-corrected chi connectivity index (χ2v) is 6.31. The number of hydrogen-bond acceptors (Lipinski definition) is 2. The van der Waals surface area contributed by atoms with E-state index < -0.39 is 0 Å². The van der Waals surface area contributed by atoms with Gasteiger partial charge in [0.25, 0.3) is 0 Å². The lowest BCUT2D eigenvalue weighted by atomic mass is 9.75. The highest BCUT2D eigenvalue weighted by molar-refractivity contribution is 5.83. The molecule has 4 heteroatoms. The van der Waals surface area contributed by atoms with Crippen molar-refractivity contribution in [2.45, 2.75) is 33.6 Å². The van der Waals surface area contributed by atoms with Crippen molar-refractivity contribution in [2.75, 3.05) is 19.6 Å². The number of amides is 1. The standard InChI is InChI=1S/C17H25FN2O/c1-12(2)17(7-9-19-11-17)16(21)20-8-6-14-4-5-15(18)10-13(14)3/h4-5,10,12,19H,6-9,11H2,1-3H3,(H,20,21). The molecule has 2 rings (SSSR count). The highest BCUT2D eigenvalue weighted by Crippen LogP contribution is 2.34. The van der Waals surface area contributed by atoms with Crippen molar-refractivity contribution < 1.29 is 9.18 Å². The van der Waals surface area contributed by atoms with Crippen LogP contribution in [0.25, 0.3) is 0 Å². The van der Waals surface area contributed by atoms with Crippen LogP contribution in [0.5, 0.6) is 0 Å². The summed E-state index contributed by atoms with van der Waals surface area (Å²) in [5.74, 6) is 0.249. The fourth-order valence-corrected chi connectivity index (χ4v) is 3.09. The minimum atomic E-state index is -0.280. The molecule has 1 aromatic carbocycles. The Morgan fingerprint density at radius 3 is 2.81 bits per heavy atom. The van der Waals surface area contributed by atoms with Gasteiger partial charge in [-0.15, -0.1) is 0 Å². The van der Waals surface area contributed by atoms with Crippen LogP contribution >= 0.6 is 0 Å². The molecular formula is C17H25FN2O. The van der Waals surface area contributed by atoms with Gasteiger partial charge in [0.05, 0.1) is 5.41 Å². The molecule has 21 heavy (non-hydrogen) atoms. The number of carbonyl (C=O) groups excluding carboxylic acids is 1. The smallest absolute Gasteiger partial charge is 0.227 e. The summed E-state index contributed by atoms with van der Waals surface area (Å²) in [6, 6.07) is 4.81. The van der Waals surface area contributed by atoms with Crippen LogP contribution in [0.2, 0.25) is 0 Å². The molecule has 1 amide bonds. The molecule has 0 radical (unpaired) electrons. The zero-order chi connectivity index (χ0) is 15.5. The summed E-state index contributed by atoms with van der Waals surface area (Å²) in [7, 11) is 0. The van der Waals surface area contributed by atoms with E-state index in [1.165, 1.54) is 12.1 Å². The van der Waals surface area contributed by atoms with Gasteiger partial charge in [-0.05, 0) is 55.5 Å². The lowest BCUT2D eigenvalue weighted by Gasteiger charge is -2.31. The molecule has 0 spiro atoms. The molecule has 1 atom stereocenters. The van der Waals surface area contributed by atoms with Gasteiger partial charge in [-0.3, -0.25) is 4.79 Å². The van der Waals surface area contributed by atoms with Crippen LogP contribution in [0.1, 0.15) is 31.4 Å². The van der Waals surface area contributed by atoms with Crippen LogP contribution in [0.4, 0.5) is 4.39 Å². The number of halogens is 1. The van der Waals surface area contributed by atoms with Gasteiger partial charge < -0.3 is 10.6 Å². The van der Waals surface area contributed by atoms with Crippen molar-refractivity contribution in [3.05, 3.63) is 35.1 Å². The fourth-order valence-electron chi connectivity index (χ4n) is 3.09. The zero-order valence-electron chi connectivity index (χ0n) is 13.1. The summed E-state index contributed by atoms with van der Waals surface area (Å²) in [5, 5.41) is 6.36. The van der Waals surface area contributed by atoms with Crippen molar-refractivity contribution in [2.24, 2.45) is 11.3 Å². The number of hydrogen-bond donors (Lipinski definition) is 2. The van der Waals surface area contributed by atoms with Crippen LogP contribution in [0.3, 0.4) is 0 Å². The average Bonchev–Trinajstić information content (AvgIpc) is 2.92. The average molecular weight is 292 g/mol. The summed E-state index contributed by atoms with van der Waals surface area (Å²) >= 11 is 0. The molecule has 0 aromatic heterocycles. The van der Waals surface area contributed by atoms with Crippen LogP contribution in [-0.4, -0.2) is 25.5 Å². The molecule has 1 unspecified atom stereocenters. The van der Waals surface area contributed by atoms with Gasteiger partial charge in [-0.2, -0.15) is 0 Å². The van der Waals surface area contributed by atoms with Gasteiger partial charge in [0, 0.05) is 13.1 Å². The summed E-state index contributed by atoms with van der Waals surface area (Å²) in [4.78, 5) is 12.5. The Bertz CT molecular complexity index is 508. The molecule has 3 nitrogen and oxygen atoms in total. The minimum absolute atomic E-state index is 0.141. The molecule has 1 aromatic rings. The van der Waals surface area contributed by atoms with E-state index in [4.69, 9.17) is 0 Å². The Hall–Kier alpha value is -1.42. The van der Waals surface area contributed by atoms with Gasteiger partial charge >= 0.3 is 0 Å². The Balaban J connectivity index is 1.92. The van der Waals surface area contributed by atoms with Gasteiger partial charge in [-0.1, -0.05) is 19.9 Å². The predicted molar refractivity (Wildman–Crippen MR) is 82.6 cm³/mol. The van der Waals surface area contributed by atoms with Crippen LogP contribution in [0.15, 0.2) is 18.2 Å². The first-order valence-corrected chi connectivity index (χ1v) is 7.70. The summed E-state index contributed by atoms with van der Waals surface area (Å²) in [6.07, 6.45) is 1.63. The lowest BCUT2D eigenvalue weighted by molar-refractivity contribution is -0.132. The third-order valence-electron chi connectivity index (χ3n) is 4.73. The Kier molecular flexibility index (Phi) is 4.99. The molecule has 116 valence electrons. The number of carbonyl (C=O) groups is 1. The molecule has 1 aliphatic rings. The predicted octanol–water partition coefficient (Wildman–Crippen LogP) is 2.43. The van der Waals surface area contributed by atoms with Gasteiger partial charge in [0.2, 0.25) is 5.91 Å². The minimum Gasteiger partial charge on any atom is -0.355 e. The first-order chi connectivity index (χ1) is 9.95. The lowest BCUT2D eigenvalue weighted by Crippen LogP contribution is -2.46. The van der Waals surface area contributed by atoms with Crippen molar-refractivity contribution in [3.8, 4) is 0 Å². The van der Waals surface area contributed by atoms with E-state index in [1.807, 2.05) is 6.92 Å². The van der Waals surface area contributed by atoms with Crippen molar-refractivity contribution >= 4 is 5.91 Å². The summed E-state index contributed by atoms with van der Waals surface area (Å²) in [5.41, 5.74) is 1.74. The van der Waals surface area contributed by atoms with Gasteiger partial charge in [0.15, 0.2) is 0 Å². The summed E-state index contributed by atoms with van der Waals surface area (Å²) < 4.78 is 13.1. The molecule has 1 fully saturated rings. The maximum absolute atomic E-state index is 13.1. The molecule has 2 N–H and O–H groups in total. The molecule has 1 aliphatic heterocycles. The van der Waals surface area contributed by atoms with Crippen molar-refractivity contribution in [3.63, 3.8) is 0 Å². The Morgan fingerprint density at radius 2 is 2.24 bits per heavy atom. The number of rotatable bonds is 5. The van der Waals surface area contributed by atoms with E-state index in [2.05, 4.69) is 24.5 Å². The normalized spacial score (nSPS) is 21.8. The van der Waals surface area contributed by atoms with Crippen LogP contribution in [0, 0.1) is 24.1 Å². The fraction of sp³-hybridized carbons (Fsp3) is 0.588. The zero-order valence-corrected chi connectivity index (χ0v) is 13.1. The second kappa shape index (κ2) is 6.56. The maximum atomic E-state index is 13.1. The largest absolute Gasteiger partial charge is 0.355 e. The third kappa shape index (κ3) is 3.43. The first-order valence-electron chi connectivity index (χ1n) is 7.70. The Morgan fingerprint density at radius 1 is 1.48 bits per heavy atom. The van der Waals surface area contributed by atoms with Crippen molar-refractivity contribution in [1.29, 1.82) is 0 Å². The van der Waals surface area contributed by atoms with E-state index in [0.29, 0.717) is 12.5 Å². The van der Waals surface area contributed by atoms with E-state index in [0.717, 1.165) is 37.1 Å². The van der Waals surface area contributed by atoms with Crippen LogP contribution in [-0.2, 0) is 11.2 Å². The van der Waals surface area contributed by atoms with Crippen LogP contribution < -0.4 is 10.6 Å². The maximum Gasteiger partial charge on any atom is 0.227 e. The second-order valence-electron chi connectivity index (χ2n) is 6.31. The highest BCUT2D eigenvalue weighted by Gasteiger charge is 2.43. The quantitative estimate of drug-likeness (QED) is 0.875. The number of aryl methyl sites for hydroxylation is 1. The number of nitrogens with one attached hydrogen (secondary N) is 2. The number of benzene rings is 1. The van der Waals surface area contributed by atoms with Gasteiger partial charge in [0.1, 0.15) is 5.82 Å². The topological polar surface area (TPSA) is 41.1 Å². The molecule has 0 saturated carbocycles. The van der Waals surface area contributed by atoms with E-state index in [-0.39, 0.29) is 17.1 Å². The third-order valence-corrected chi connectivity index (χ3v) is 4.73. The van der Waals surface area contributed by atoms with Crippen molar-refractivity contribution in [1.82, 2.24) is 10.6 Å².